The number of anilines is 1. The van der Waals surface area contributed by atoms with Gasteiger partial charge in [-0.05, 0) is 38.1 Å². The first-order valence-electron chi connectivity index (χ1n) is 8.47. The molecule has 0 aliphatic carbocycles. The van der Waals surface area contributed by atoms with Crippen molar-refractivity contribution in [1.82, 2.24) is 10.3 Å². The minimum Gasteiger partial charge on any atom is -0.494 e. The number of rotatable bonds is 6. The largest absolute Gasteiger partial charge is 0.494 e. The average molecular weight is 361 g/mol. The number of morpholine rings is 1. The number of amides is 1. The van der Waals surface area contributed by atoms with E-state index in [0.717, 1.165) is 28.4 Å². The van der Waals surface area contributed by atoms with Gasteiger partial charge in [-0.2, -0.15) is 0 Å². The van der Waals surface area contributed by atoms with E-state index < -0.39 is 0 Å². The Morgan fingerprint density at radius 1 is 1.44 bits per heavy atom. The van der Waals surface area contributed by atoms with Gasteiger partial charge in [0.1, 0.15) is 5.75 Å². The summed E-state index contributed by atoms with van der Waals surface area (Å²) in [5.74, 6) is 0.796. The van der Waals surface area contributed by atoms with Crippen molar-refractivity contribution in [3.8, 4) is 17.0 Å². The van der Waals surface area contributed by atoms with Gasteiger partial charge < -0.3 is 20.1 Å². The Morgan fingerprint density at radius 3 is 2.92 bits per heavy atom. The summed E-state index contributed by atoms with van der Waals surface area (Å²) in [6, 6.07) is 7.92. The van der Waals surface area contributed by atoms with Gasteiger partial charge in [-0.1, -0.05) is 0 Å². The quantitative estimate of drug-likeness (QED) is 0.828. The maximum absolute atomic E-state index is 12.2. The minimum atomic E-state index is -0.0463. The Labute approximate surface area is 151 Å². The number of thiazole rings is 1. The number of nitrogens with one attached hydrogen (secondary N) is 2. The van der Waals surface area contributed by atoms with E-state index in [1.54, 1.807) is 0 Å². The molecule has 1 aromatic heterocycles. The molecule has 0 saturated carbocycles. The summed E-state index contributed by atoms with van der Waals surface area (Å²) in [7, 11) is 0. The molecule has 1 aliphatic heterocycles. The monoisotopic (exact) mass is 361 g/mol. The van der Waals surface area contributed by atoms with Crippen molar-refractivity contribution in [1.29, 1.82) is 0 Å². The fourth-order valence-electron chi connectivity index (χ4n) is 2.74. The third-order valence-corrected chi connectivity index (χ3v) is 4.80. The van der Waals surface area contributed by atoms with Crippen molar-refractivity contribution in [2.24, 2.45) is 0 Å². The maximum Gasteiger partial charge on any atom is 0.227 e. The zero-order valence-electron chi connectivity index (χ0n) is 14.5. The second-order valence-electron chi connectivity index (χ2n) is 5.86. The van der Waals surface area contributed by atoms with Crippen molar-refractivity contribution < 1.29 is 14.3 Å². The number of nitrogens with zero attached hydrogens (tertiary/aromatic N) is 1. The second kappa shape index (κ2) is 8.42. The highest BCUT2D eigenvalue weighted by Crippen LogP contribution is 2.31. The van der Waals surface area contributed by atoms with Crippen LogP contribution in [0.1, 0.15) is 18.2 Å². The molecule has 1 saturated heterocycles. The minimum absolute atomic E-state index is 0.0463. The van der Waals surface area contributed by atoms with Crippen molar-refractivity contribution in [3.05, 3.63) is 29.1 Å². The molecule has 2 N–H and O–H groups in total. The summed E-state index contributed by atoms with van der Waals surface area (Å²) in [6.07, 6.45) is 0.386. The van der Waals surface area contributed by atoms with Gasteiger partial charge in [-0.15, -0.1) is 11.3 Å². The number of aromatic nitrogens is 1. The predicted molar refractivity (Wildman–Crippen MR) is 99.3 cm³/mol. The third kappa shape index (κ3) is 4.78. The van der Waals surface area contributed by atoms with Gasteiger partial charge in [-0.25, -0.2) is 4.98 Å². The van der Waals surface area contributed by atoms with Crippen LogP contribution in [0.15, 0.2) is 24.3 Å². The molecule has 1 amide bonds. The molecule has 0 spiro atoms. The van der Waals surface area contributed by atoms with Crippen LogP contribution in [0.5, 0.6) is 5.75 Å². The summed E-state index contributed by atoms with van der Waals surface area (Å²) in [6.45, 7) is 6.68. The molecular weight excluding hydrogens is 338 g/mol. The summed E-state index contributed by atoms with van der Waals surface area (Å²) in [4.78, 5) is 17.8. The topological polar surface area (TPSA) is 72.5 Å². The number of hydrogen-bond acceptors (Lipinski definition) is 6. The zero-order chi connectivity index (χ0) is 17.6. The molecule has 2 heterocycles. The van der Waals surface area contributed by atoms with E-state index in [0.29, 0.717) is 31.4 Å². The molecule has 1 aliphatic rings. The van der Waals surface area contributed by atoms with Crippen LogP contribution in [-0.4, -0.2) is 43.3 Å². The fraction of sp³-hybridized carbons (Fsp3) is 0.444. The van der Waals surface area contributed by atoms with E-state index in [4.69, 9.17) is 9.47 Å². The molecule has 1 aromatic carbocycles. The van der Waals surface area contributed by atoms with E-state index in [1.807, 2.05) is 38.1 Å². The second-order valence-corrected chi connectivity index (χ2v) is 7.06. The highest BCUT2D eigenvalue weighted by molar-refractivity contribution is 7.16. The van der Waals surface area contributed by atoms with Gasteiger partial charge >= 0.3 is 0 Å². The van der Waals surface area contributed by atoms with Crippen LogP contribution in [0.4, 0.5) is 5.13 Å². The molecular formula is C18H23N3O3S. The van der Waals surface area contributed by atoms with Crippen LogP contribution < -0.4 is 15.4 Å². The summed E-state index contributed by atoms with van der Waals surface area (Å²) in [5, 5.41) is 6.81. The van der Waals surface area contributed by atoms with E-state index in [2.05, 4.69) is 15.6 Å². The lowest BCUT2D eigenvalue weighted by Crippen LogP contribution is -2.43. The fourth-order valence-corrected chi connectivity index (χ4v) is 3.59. The number of ether oxygens (including phenoxy) is 2. The van der Waals surface area contributed by atoms with Gasteiger partial charge in [0, 0.05) is 29.4 Å². The summed E-state index contributed by atoms with van der Waals surface area (Å²) >= 11 is 1.49. The van der Waals surface area contributed by atoms with Crippen LogP contribution in [0, 0.1) is 6.92 Å². The van der Waals surface area contributed by atoms with Crippen molar-refractivity contribution in [3.63, 3.8) is 0 Å². The zero-order valence-corrected chi connectivity index (χ0v) is 15.3. The van der Waals surface area contributed by atoms with Crippen molar-refractivity contribution in [2.75, 3.05) is 31.7 Å². The lowest BCUT2D eigenvalue weighted by atomic mass is 10.1. The first-order valence-corrected chi connectivity index (χ1v) is 9.29. The Kier molecular flexibility index (Phi) is 6.01. The molecule has 2 aromatic rings. The van der Waals surface area contributed by atoms with Crippen LogP contribution in [-0.2, 0) is 9.53 Å². The van der Waals surface area contributed by atoms with Crippen LogP contribution in [0.3, 0.4) is 0 Å². The van der Waals surface area contributed by atoms with E-state index >= 15 is 0 Å². The van der Waals surface area contributed by atoms with Gasteiger partial charge in [0.05, 0.1) is 25.5 Å². The number of benzene rings is 1. The van der Waals surface area contributed by atoms with E-state index in [1.165, 1.54) is 11.3 Å². The molecule has 0 radical (unpaired) electrons. The van der Waals surface area contributed by atoms with Crippen LogP contribution >= 0.6 is 11.3 Å². The lowest BCUT2D eigenvalue weighted by Gasteiger charge is -2.22. The highest BCUT2D eigenvalue weighted by Gasteiger charge is 2.18. The summed E-state index contributed by atoms with van der Waals surface area (Å²) in [5.41, 5.74) is 1.91. The maximum atomic E-state index is 12.2. The molecule has 1 atom stereocenters. The van der Waals surface area contributed by atoms with Crippen LogP contribution in [0.2, 0.25) is 0 Å². The van der Waals surface area contributed by atoms with Crippen molar-refractivity contribution in [2.45, 2.75) is 26.3 Å². The predicted octanol–water partition coefficient (Wildman–Crippen LogP) is 2.83. The molecule has 1 unspecified atom stereocenters. The Bertz CT molecular complexity index is 709. The smallest absolute Gasteiger partial charge is 0.227 e. The normalized spacial score (nSPS) is 17.3. The molecule has 134 valence electrons. The highest BCUT2D eigenvalue weighted by atomic mass is 32.1. The molecule has 0 bridgehead atoms. The molecule has 25 heavy (non-hydrogen) atoms. The first-order chi connectivity index (χ1) is 12.2. The standard InChI is InChI=1S/C18H23N3O3S/c1-3-24-15-6-4-13(5-7-15)17-12(2)25-18(21-17)20-16(22)10-14-11-23-9-8-19-14/h4-7,14,19H,3,8-11H2,1-2H3,(H,20,21,22). The van der Waals surface area contributed by atoms with Gasteiger partial charge in [-0.3, -0.25) is 4.79 Å². The van der Waals surface area contributed by atoms with Gasteiger partial charge in [0.25, 0.3) is 0 Å². The van der Waals surface area contributed by atoms with Crippen molar-refractivity contribution >= 4 is 22.4 Å². The van der Waals surface area contributed by atoms with E-state index in [9.17, 15) is 4.79 Å². The average Bonchev–Trinajstić information content (AvgIpc) is 2.97. The Balaban J connectivity index is 1.64. The number of carbonyl (C=O) groups excluding carboxylic acids is 1. The SMILES string of the molecule is CCOc1ccc(-c2nc(NC(=O)CC3COCCN3)sc2C)cc1. The Morgan fingerprint density at radius 2 is 2.24 bits per heavy atom. The van der Waals surface area contributed by atoms with Crippen LogP contribution in [0.25, 0.3) is 11.3 Å². The van der Waals surface area contributed by atoms with Gasteiger partial charge in [0.15, 0.2) is 5.13 Å². The number of hydrogen-bond donors (Lipinski definition) is 2. The van der Waals surface area contributed by atoms with Gasteiger partial charge in [0.2, 0.25) is 5.91 Å². The number of aryl methyl sites for hydroxylation is 1. The molecule has 1 fully saturated rings. The Hall–Kier alpha value is -1.96. The number of carbonyl (C=O) groups is 1. The molecule has 6 nitrogen and oxygen atoms in total. The lowest BCUT2D eigenvalue weighted by molar-refractivity contribution is -0.117. The molecule has 7 heteroatoms. The van der Waals surface area contributed by atoms with E-state index in [-0.39, 0.29) is 11.9 Å². The molecule has 3 rings (SSSR count). The third-order valence-electron chi connectivity index (χ3n) is 3.91. The summed E-state index contributed by atoms with van der Waals surface area (Å²) < 4.78 is 10.8. The first kappa shape index (κ1) is 17.8.